The number of piperidine rings is 1. The van der Waals surface area contributed by atoms with Crippen molar-refractivity contribution < 1.29 is 9.63 Å². The number of nitrogens with two attached hydrogens (primary N) is 1. The van der Waals surface area contributed by atoms with Crippen LogP contribution in [0.15, 0.2) is 35.5 Å². The Morgan fingerprint density at radius 2 is 1.95 bits per heavy atom. The molecule has 1 saturated heterocycles. The third-order valence-electron chi connectivity index (χ3n) is 4.34. The highest BCUT2D eigenvalue weighted by Gasteiger charge is 2.33. The van der Waals surface area contributed by atoms with Crippen molar-refractivity contribution in [3.05, 3.63) is 35.9 Å². The predicted octanol–water partition coefficient (Wildman–Crippen LogP) is 1.35. The van der Waals surface area contributed by atoms with Gasteiger partial charge in [0.05, 0.1) is 5.71 Å². The zero-order valence-corrected chi connectivity index (χ0v) is 12.4. The van der Waals surface area contributed by atoms with Crippen molar-refractivity contribution in [1.82, 2.24) is 4.90 Å². The SMILES string of the molecule is N=C(c1ccccc1)N1CCC(C2=NOC(C(N)=O)C2)CC1. The molecular weight excluding hydrogens is 280 g/mol. The van der Waals surface area contributed by atoms with Crippen LogP contribution in [0.5, 0.6) is 0 Å². The summed E-state index contributed by atoms with van der Waals surface area (Å²) in [4.78, 5) is 18.3. The lowest BCUT2D eigenvalue weighted by Gasteiger charge is -2.33. The van der Waals surface area contributed by atoms with Crippen LogP contribution in [-0.2, 0) is 9.63 Å². The zero-order chi connectivity index (χ0) is 15.5. The van der Waals surface area contributed by atoms with Crippen LogP contribution in [0.25, 0.3) is 0 Å². The average molecular weight is 300 g/mol. The Balaban J connectivity index is 1.55. The van der Waals surface area contributed by atoms with Crippen molar-refractivity contribution in [2.24, 2.45) is 16.8 Å². The van der Waals surface area contributed by atoms with Gasteiger partial charge in [0.15, 0.2) is 0 Å². The molecule has 0 spiro atoms. The Labute approximate surface area is 129 Å². The van der Waals surface area contributed by atoms with E-state index >= 15 is 0 Å². The van der Waals surface area contributed by atoms with Crippen LogP contribution in [0, 0.1) is 11.3 Å². The van der Waals surface area contributed by atoms with Gasteiger partial charge >= 0.3 is 0 Å². The van der Waals surface area contributed by atoms with Crippen LogP contribution >= 0.6 is 0 Å². The van der Waals surface area contributed by atoms with E-state index in [1.807, 2.05) is 30.3 Å². The highest BCUT2D eigenvalue weighted by Crippen LogP contribution is 2.25. The molecule has 1 aromatic carbocycles. The Kier molecular flexibility index (Phi) is 4.09. The molecule has 1 fully saturated rings. The van der Waals surface area contributed by atoms with Crippen molar-refractivity contribution >= 4 is 17.5 Å². The van der Waals surface area contributed by atoms with Crippen LogP contribution in [-0.4, -0.2) is 41.5 Å². The molecule has 1 atom stereocenters. The van der Waals surface area contributed by atoms with Gasteiger partial charge in [-0.2, -0.15) is 0 Å². The van der Waals surface area contributed by atoms with Gasteiger partial charge in [0.2, 0.25) is 6.10 Å². The summed E-state index contributed by atoms with van der Waals surface area (Å²) >= 11 is 0. The number of hydrogen-bond donors (Lipinski definition) is 2. The van der Waals surface area contributed by atoms with Gasteiger partial charge in [-0.3, -0.25) is 10.2 Å². The number of likely N-dealkylation sites (tertiary alicyclic amines) is 1. The Morgan fingerprint density at radius 3 is 2.55 bits per heavy atom. The third-order valence-corrected chi connectivity index (χ3v) is 4.34. The second-order valence-corrected chi connectivity index (χ2v) is 5.76. The lowest BCUT2D eigenvalue weighted by Crippen LogP contribution is -2.40. The molecule has 116 valence electrons. The lowest BCUT2D eigenvalue weighted by atomic mass is 9.89. The van der Waals surface area contributed by atoms with E-state index in [2.05, 4.69) is 10.1 Å². The summed E-state index contributed by atoms with van der Waals surface area (Å²) in [6.07, 6.45) is 1.75. The van der Waals surface area contributed by atoms with Crippen LogP contribution < -0.4 is 5.73 Å². The minimum absolute atomic E-state index is 0.323. The first kappa shape index (κ1) is 14.6. The van der Waals surface area contributed by atoms with E-state index < -0.39 is 12.0 Å². The normalized spacial score (nSPS) is 22.1. The molecular formula is C16H20N4O2. The maximum atomic E-state index is 11.1. The molecule has 0 radical (unpaired) electrons. The monoisotopic (exact) mass is 300 g/mol. The number of hydrogen-bond acceptors (Lipinski definition) is 4. The second kappa shape index (κ2) is 6.17. The van der Waals surface area contributed by atoms with Gasteiger partial charge < -0.3 is 15.5 Å². The number of nitrogens with one attached hydrogen (secondary N) is 1. The molecule has 0 aliphatic carbocycles. The van der Waals surface area contributed by atoms with E-state index in [1.54, 1.807) is 0 Å². The number of carbonyl (C=O) groups excluding carboxylic acids is 1. The van der Waals surface area contributed by atoms with Gasteiger partial charge in [0, 0.05) is 31.0 Å². The smallest absolute Gasteiger partial charge is 0.261 e. The van der Waals surface area contributed by atoms with Crippen LogP contribution in [0.1, 0.15) is 24.8 Å². The Morgan fingerprint density at radius 1 is 1.27 bits per heavy atom. The quantitative estimate of drug-likeness (QED) is 0.652. The molecule has 22 heavy (non-hydrogen) atoms. The lowest BCUT2D eigenvalue weighted by molar-refractivity contribution is -0.127. The van der Waals surface area contributed by atoms with Crippen LogP contribution in [0.4, 0.5) is 0 Å². The molecule has 2 heterocycles. The highest BCUT2D eigenvalue weighted by atomic mass is 16.6. The summed E-state index contributed by atoms with van der Waals surface area (Å²) in [7, 11) is 0. The van der Waals surface area contributed by atoms with Crippen molar-refractivity contribution in [3.8, 4) is 0 Å². The Hall–Kier alpha value is -2.37. The zero-order valence-electron chi connectivity index (χ0n) is 12.4. The first-order valence-corrected chi connectivity index (χ1v) is 7.56. The number of nitrogens with zero attached hydrogens (tertiary/aromatic N) is 2. The molecule has 1 unspecified atom stereocenters. The highest BCUT2D eigenvalue weighted by molar-refractivity contribution is 5.97. The van der Waals surface area contributed by atoms with E-state index in [1.165, 1.54) is 0 Å². The molecule has 3 rings (SSSR count). The van der Waals surface area contributed by atoms with E-state index in [9.17, 15) is 4.79 Å². The van der Waals surface area contributed by atoms with Crippen molar-refractivity contribution in [1.29, 1.82) is 5.41 Å². The van der Waals surface area contributed by atoms with E-state index in [0.29, 0.717) is 18.2 Å². The van der Waals surface area contributed by atoms with E-state index in [0.717, 1.165) is 37.2 Å². The number of amides is 1. The minimum atomic E-state index is -0.601. The summed E-state index contributed by atoms with van der Waals surface area (Å²) in [5, 5.41) is 12.3. The number of oxime groups is 1. The largest absolute Gasteiger partial charge is 0.382 e. The summed E-state index contributed by atoms with van der Waals surface area (Å²) < 4.78 is 0. The fourth-order valence-electron chi connectivity index (χ4n) is 3.00. The van der Waals surface area contributed by atoms with Crippen molar-refractivity contribution in [3.63, 3.8) is 0 Å². The van der Waals surface area contributed by atoms with E-state index in [-0.39, 0.29) is 0 Å². The third kappa shape index (κ3) is 2.95. The summed E-state index contributed by atoms with van der Waals surface area (Å²) in [5.74, 6) is 0.435. The number of primary amides is 1. The van der Waals surface area contributed by atoms with E-state index in [4.69, 9.17) is 16.0 Å². The van der Waals surface area contributed by atoms with Crippen LogP contribution in [0.2, 0.25) is 0 Å². The molecule has 6 nitrogen and oxygen atoms in total. The minimum Gasteiger partial charge on any atom is -0.382 e. The standard InChI is InChI=1S/C16H20N4O2/c17-15(12-4-2-1-3-5-12)20-8-6-11(7-9-20)13-10-14(16(18)21)22-19-13/h1-5,11,14,17H,6-10H2,(H2,18,21). The summed E-state index contributed by atoms with van der Waals surface area (Å²) in [6, 6.07) is 9.77. The molecule has 6 heteroatoms. The van der Waals surface area contributed by atoms with Crippen molar-refractivity contribution in [2.75, 3.05) is 13.1 Å². The molecule has 0 saturated carbocycles. The summed E-state index contributed by atoms with van der Waals surface area (Å²) in [5.41, 5.74) is 7.12. The number of amidine groups is 1. The maximum Gasteiger partial charge on any atom is 0.261 e. The average Bonchev–Trinajstić information content (AvgIpc) is 3.05. The molecule has 1 aromatic rings. The first-order valence-electron chi connectivity index (χ1n) is 7.56. The fraction of sp³-hybridized carbons (Fsp3) is 0.438. The number of carbonyl (C=O) groups is 1. The van der Waals surface area contributed by atoms with Crippen molar-refractivity contribution in [2.45, 2.75) is 25.4 Å². The van der Waals surface area contributed by atoms with Gasteiger partial charge in [-0.25, -0.2) is 0 Å². The molecule has 1 amide bonds. The predicted molar refractivity (Wildman–Crippen MR) is 83.7 cm³/mol. The molecule has 2 aliphatic heterocycles. The number of rotatable bonds is 3. The maximum absolute atomic E-state index is 11.1. The topological polar surface area (TPSA) is 91.8 Å². The molecule has 0 bridgehead atoms. The van der Waals surface area contributed by atoms with Gasteiger partial charge in [-0.05, 0) is 12.8 Å². The molecule has 2 aliphatic rings. The summed E-state index contributed by atoms with van der Waals surface area (Å²) in [6.45, 7) is 1.64. The Bertz CT molecular complexity index is 591. The van der Waals surface area contributed by atoms with Gasteiger partial charge in [0.25, 0.3) is 5.91 Å². The van der Waals surface area contributed by atoms with Gasteiger partial charge in [0.1, 0.15) is 5.84 Å². The van der Waals surface area contributed by atoms with Gasteiger partial charge in [-0.1, -0.05) is 35.5 Å². The number of benzene rings is 1. The molecule has 3 N–H and O–H groups in total. The fourth-order valence-corrected chi connectivity index (χ4v) is 3.00. The van der Waals surface area contributed by atoms with Crippen LogP contribution in [0.3, 0.4) is 0 Å². The molecule has 0 aromatic heterocycles. The van der Waals surface area contributed by atoms with Gasteiger partial charge in [-0.15, -0.1) is 0 Å². The second-order valence-electron chi connectivity index (χ2n) is 5.76. The first-order chi connectivity index (χ1) is 10.6.